The molecule has 4 atom stereocenters. The molecule has 0 aliphatic carbocycles. The fourth-order valence-corrected chi connectivity index (χ4v) is 7.89. The molecule has 0 amide bonds. The molecule has 4 unspecified atom stereocenters. The van der Waals surface area contributed by atoms with Gasteiger partial charge in [-0.3, -0.25) is 0 Å². The van der Waals surface area contributed by atoms with E-state index in [1.807, 2.05) is 26.0 Å². The van der Waals surface area contributed by atoms with E-state index in [-0.39, 0.29) is 0 Å². The van der Waals surface area contributed by atoms with Crippen molar-refractivity contribution in [1.82, 2.24) is 0 Å². The summed E-state index contributed by atoms with van der Waals surface area (Å²) in [6.07, 6.45) is 45.7. The molecule has 7 heteroatoms. The van der Waals surface area contributed by atoms with Gasteiger partial charge in [-0.25, -0.2) is 9.59 Å². The number of aliphatic hydroxyl groups is 4. The van der Waals surface area contributed by atoms with Crippen molar-refractivity contribution in [2.24, 2.45) is 11.8 Å². The Morgan fingerprint density at radius 3 is 0.895 bits per heavy atom. The van der Waals surface area contributed by atoms with E-state index in [0.29, 0.717) is 12.8 Å². The summed E-state index contributed by atoms with van der Waals surface area (Å²) >= 11 is 0. The van der Waals surface area contributed by atoms with Crippen LogP contribution in [0.1, 0.15) is 246 Å². The van der Waals surface area contributed by atoms with Crippen LogP contribution in [0, 0.1) is 11.8 Å². The minimum absolute atomic E-state index is 0.449. The minimum Gasteiger partial charge on any atom is -0.393 e. The normalized spacial score (nSPS) is 15.2. The van der Waals surface area contributed by atoms with Gasteiger partial charge in [-0.2, -0.15) is 0 Å². The van der Waals surface area contributed by atoms with Crippen molar-refractivity contribution in [3.63, 3.8) is 0 Å². The first-order valence-corrected chi connectivity index (χ1v) is 24.5. The Morgan fingerprint density at radius 2 is 0.667 bits per heavy atom. The summed E-state index contributed by atoms with van der Waals surface area (Å²) in [6, 6.07) is 0. The number of carbonyl (C=O) groups excluding carboxylic acids is 2. The van der Waals surface area contributed by atoms with Crippen LogP contribution >= 0.6 is 0 Å². The van der Waals surface area contributed by atoms with Crippen LogP contribution in [-0.2, 0) is 14.3 Å². The first-order valence-electron chi connectivity index (χ1n) is 24.5. The predicted molar refractivity (Wildman–Crippen MR) is 240 cm³/mol. The van der Waals surface area contributed by atoms with E-state index in [1.54, 1.807) is 12.2 Å². The van der Waals surface area contributed by atoms with Gasteiger partial charge >= 0.3 is 11.9 Å². The van der Waals surface area contributed by atoms with Crippen molar-refractivity contribution < 1.29 is 34.8 Å². The molecule has 0 aliphatic heterocycles. The van der Waals surface area contributed by atoms with Gasteiger partial charge in [0.15, 0.2) is 11.2 Å². The lowest BCUT2D eigenvalue weighted by Gasteiger charge is -2.34. The van der Waals surface area contributed by atoms with Gasteiger partial charge < -0.3 is 25.2 Å². The minimum atomic E-state index is -2.35. The summed E-state index contributed by atoms with van der Waals surface area (Å²) < 4.78 is 5.22. The Bertz CT molecular complexity index is 904. The number of rotatable bonds is 42. The first kappa shape index (κ1) is 55.5. The molecule has 0 aromatic heterocycles. The molecular formula is C50H94O7. The molecule has 0 bridgehead atoms. The third kappa shape index (κ3) is 27.0. The van der Waals surface area contributed by atoms with Gasteiger partial charge in [0.2, 0.25) is 0 Å². The number of esters is 2. The van der Waals surface area contributed by atoms with Crippen molar-refractivity contribution in [2.45, 2.75) is 257 Å². The van der Waals surface area contributed by atoms with Crippen molar-refractivity contribution in [1.29, 1.82) is 0 Å². The smallest absolute Gasteiger partial charge is 0.348 e. The van der Waals surface area contributed by atoms with Crippen molar-refractivity contribution >= 4 is 11.9 Å². The summed E-state index contributed by atoms with van der Waals surface area (Å²) in [4.78, 5) is 27.1. The molecule has 4 N–H and O–H groups in total. The maximum atomic E-state index is 13.6. The number of hydrogen-bond donors (Lipinski definition) is 4. The van der Waals surface area contributed by atoms with Crippen LogP contribution in [0.2, 0.25) is 0 Å². The van der Waals surface area contributed by atoms with Gasteiger partial charge in [-0.05, 0) is 25.7 Å². The Hall–Kier alpha value is -1.54. The lowest BCUT2D eigenvalue weighted by molar-refractivity contribution is -0.195. The van der Waals surface area contributed by atoms with Gasteiger partial charge in [0.25, 0.3) is 0 Å². The summed E-state index contributed by atoms with van der Waals surface area (Å²) in [5.74, 6) is -4.09. The molecule has 7 nitrogen and oxygen atoms in total. The molecule has 0 saturated carbocycles. The van der Waals surface area contributed by atoms with Crippen LogP contribution in [0.3, 0.4) is 0 Å². The van der Waals surface area contributed by atoms with Gasteiger partial charge in [0, 0.05) is 11.8 Å². The molecule has 0 spiro atoms. The Labute approximate surface area is 352 Å². The summed E-state index contributed by atoms with van der Waals surface area (Å²) in [5, 5.41) is 44.0. The largest absolute Gasteiger partial charge is 0.393 e. The summed E-state index contributed by atoms with van der Waals surface area (Å²) in [6.45, 7) is 6.74. The lowest BCUT2D eigenvalue weighted by Crippen LogP contribution is -2.55. The standard InChI is InChI=1S/C50H94O7/c1-5-9-13-15-17-19-21-23-25-27-29-31-33-37-41-45(39-35-11-7-3)49(55,43-51)47(53)57-48(54)50(56,44-52)46(40-36-12-8-4)42-38-34-32-30-28-26-24-22-20-18-16-14-10-6-2/h35-36,39-40,45-46,51-52,55-56H,5-34,37-38,41-44H2,1-4H3. The Balaban J connectivity index is 5.11. The summed E-state index contributed by atoms with van der Waals surface area (Å²) in [7, 11) is 0. The number of aliphatic hydroxyl groups excluding tert-OH is 2. The predicted octanol–water partition coefficient (Wildman–Crippen LogP) is 13.2. The van der Waals surface area contributed by atoms with Crippen LogP contribution < -0.4 is 0 Å². The van der Waals surface area contributed by atoms with E-state index >= 15 is 0 Å². The maximum absolute atomic E-state index is 13.6. The molecule has 0 aliphatic rings. The SMILES string of the molecule is CCCC=CC(CCCCCCCCCCCCCCCC)C(O)(CO)C(=O)OC(=O)C(O)(CO)C(C=CCCC)CCCCCCCCCCCCCCCC. The van der Waals surface area contributed by atoms with Crippen molar-refractivity contribution in [3.8, 4) is 0 Å². The zero-order valence-electron chi connectivity index (χ0n) is 37.9. The Morgan fingerprint density at radius 1 is 0.421 bits per heavy atom. The number of carbonyl (C=O) groups is 2. The van der Waals surface area contributed by atoms with Gasteiger partial charge in [-0.15, -0.1) is 0 Å². The highest BCUT2D eigenvalue weighted by molar-refractivity contribution is 5.94. The van der Waals surface area contributed by atoms with E-state index in [1.165, 1.54) is 128 Å². The van der Waals surface area contributed by atoms with Gasteiger partial charge in [-0.1, -0.05) is 245 Å². The summed E-state index contributed by atoms with van der Waals surface area (Å²) in [5.41, 5.74) is -4.70. The molecule has 0 saturated heterocycles. The molecule has 336 valence electrons. The van der Waals surface area contributed by atoms with Crippen LogP contribution in [0.15, 0.2) is 24.3 Å². The zero-order valence-corrected chi connectivity index (χ0v) is 37.9. The number of ether oxygens (including phenoxy) is 1. The van der Waals surface area contributed by atoms with Gasteiger partial charge in [0.1, 0.15) is 0 Å². The lowest BCUT2D eigenvalue weighted by atomic mass is 9.82. The molecule has 0 aromatic rings. The third-order valence-corrected chi connectivity index (χ3v) is 12.0. The van der Waals surface area contributed by atoms with E-state index in [4.69, 9.17) is 4.74 Å². The fraction of sp³-hybridized carbons (Fsp3) is 0.880. The highest BCUT2D eigenvalue weighted by Gasteiger charge is 2.49. The second-order valence-corrected chi connectivity index (χ2v) is 17.3. The van der Waals surface area contributed by atoms with Crippen LogP contribution in [0.25, 0.3) is 0 Å². The van der Waals surface area contributed by atoms with E-state index < -0.39 is 48.2 Å². The fourth-order valence-electron chi connectivity index (χ4n) is 7.89. The topological polar surface area (TPSA) is 124 Å². The molecule has 0 radical (unpaired) electrons. The highest BCUT2D eigenvalue weighted by Crippen LogP contribution is 2.31. The average molecular weight is 807 g/mol. The number of unbranched alkanes of at least 4 members (excludes halogenated alkanes) is 28. The van der Waals surface area contributed by atoms with Crippen LogP contribution in [0.4, 0.5) is 0 Å². The molecule has 0 rings (SSSR count). The number of hydrogen-bond acceptors (Lipinski definition) is 7. The van der Waals surface area contributed by atoms with Crippen LogP contribution in [-0.4, -0.2) is 56.8 Å². The average Bonchev–Trinajstić information content (AvgIpc) is 3.21. The Kier molecular flexibility index (Phi) is 37.6. The van der Waals surface area contributed by atoms with E-state index in [2.05, 4.69) is 13.8 Å². The van der Waals surface area contributed by atoms with E-state index in [9.17, 15) is 30.0 Å². The molecule has 0 aromatic carbocycles. The van der Waals surface area contributed by atoms with Crippen molar-refractivity contribution in [3.05, 3.63) is 24.3 Å². The molecular weight excluding hydrogens is 713 g/mol. The van der Waals surface area contributed by atoms with Crippen LogP contribution in [0.5, 0.6) is 0 Å². The molecule has 0 heterocycles. The van der Waals surface area contributed by atoms with Gasteiger partial charge in [0.05, 0.1) is 13.2 Å². The second-order valence-electron chi connectivity index (χ2n) is 17.3. The van der Waals surface area contributed by atoms with E-state index in [0.717, 1.165) is 77.0 Å². The first-order chi connectivity index (χ1) is 27.7. The monoisotopic (exact) mass is 807 g/mol. The third-order valence-electron chi connectivity index (χ3n) is 12.0. The molecule has 57 heavy (non-hydrogen) atoms. The maximum Gasteiger partial charge on any atom is 0.348 e. The highest BCUT2D eigenvalue weighted by atomic mass is 16.6. The zero-order chi connectivity index (χ0) is 42.3. The van der Waals surface area contributed by atoms with Crippen molar-refractivity contribution in [2.75, 3.05) is 13.2 Å². The second kappa shape index (κ2) is 38.6. The molecule has 0 fully saturated rings. The quantitative estimate of drug-likeness (QED) is 0.0209. The number of allylic oxidation sites excluding steroid dienone is 2.